The number of aliphatic hydroxyl groups excluding tert-OH is 1. The Morgan fingerprint density at radius 3 is 2.52 bits per heavy atom. The van der Waals surface area contributed by atoms with Crippen LogP contribution in [0.1, 0.15) is 32.3 Å². The third-order valence-electron chi connectivity index (χ3n) is 4.31. The molecule has 0 radical (unpaired) electrons. The molecule has 1 saturated heterocycles. The fraction of sp³-hybridized carbons (Fsp3) is 0.588. The SMILES string of the molecule is CCN(Cc1ccccc1)C(=O)C(C)N1CCC(O)CC1. The Labute approximate surface area is 127 Å². The summed E-state index contributed by atoms with van der Waals surface area (Å²) >= 11 is 0. The van der Waals surface area contributed by atoms with Gasteiger partial charge in [0.15, 0.2) is 0 Å². The molecule has 0 saturated carbocycles. The van der Waals surface area contributed by atoms with E-state index in [-0.39, 0.29) is 18.1 Å². The molecule has 116 valence electrons. The molecule has 1 atom stereocenters. The standard InChI is InChI=1S/C17H26N2O2/c1-3-18(13-15-7-5-4-6-8-15)17(21)14(2)19-11-9-16(20)10-12-19/h4-8,14,16,20H,3,9-13H2,1-2H3. The number of likely N-dealkylation sites (tertiary alicyclic amines) is 1. The molecule has 1 aliphatic rings. The lowest BCUT2D eigenvalue weighted by Gasteiger charge is -2.36. The molecule has 0 bridgehead atoms. The van der Waals surface area contributed by atoms with Crippen LogP contribution in [0.4, 0.5) is 0 Å². The van der Waals surface area contributed by atoms with Gasteiger partial charge in [-0.2, -0.15) is 0 Å². The monoisotopic (exact) mass is 290 g/mol. The van der Waals surface area contributed by atoms with Crippen LogP contribution in [0.5, 0.6) is 0 Å². The predicted molar refractivity (Wildman–Crippen MR) is 83.8 cm³/mol. The molecule has 1 aliphatic heterocycles. The van der Waals surface area contributed by atoms with Gasteiger partial charge in [-0.05, 0) is 32.3 Å². The summed E-state index contributed by atoms with van der Waals surface area (Å²) in [4.78, 5) is 16.8. The van der Waals surface area contributed by atoms with E-state index in [0.717, 1.165) is 31.5 Å². The molecule has 0 aliphatic carbocycles. The van der Waals surface area contributed by atoms with Crippen molar-refractivity contribution in [2.75, 3.05) is 19.6 Å². The summed E-state index contributed by atoms with van der Waals surface area (Å²) in [5.41, 5.74) is 1.16. The molecule has 1 N–H and O–H groups in total. The molecule has 21 heavy (non-hydrogen) atoms. The molecular formula is C17H26N2O2. The van der Waals surface area contributed by atoms with Crippen LogP contribution in [0, 0.1) is 0 Å². The maximum Gasteiger partial charge on any atom is 0.239 e. The number of aliphatic hydroxyl groups is 1. The van der Waals surface area contributed by atoms with Crippen molar-refractivity contribution in [3.63, 3.8) is 0 Å². The first kappa shape index (κ1) is 16.0. The van der Waals surface area contributed by atoms with Crippen LogP contribution in [-0.4, -0.2) is 52.6 Å². The van der Waals surface area contributed by atoms with E-state index in [2.05, 4.69) is 17.0 Å². The van der Waals surface area contributed by atoms with Gasteiger partial charge in [-0.25, -0.2) is 0 Å². The van der Waals surface area contributed by atoms with Crippen LogP contribution in [0.25, 0.3) is 0 Å². The summed E-state index contributed by atoms with van der Waals surface area (Å²) in [6.45, 7) is 6.99. The fourth-order valence-corrected chi connectivity index (χ4v) is 2.84. The van der Waals surface area contributed by atoms with Crippen LogP contribution >= 0.6 is 0 Å². The van der Waals surface area contributed by atoms with Gasteiger partial charge in [-0.1, -0.05) is 30.3 Å². The van der Waals surface area contributed by atoms with Gasteiger partial charge >= 0.3 is 0 Å². The summed E-state index contributed by atoms with van der Waals surface area (Å²) in [6.07, 6.45) is 1.33. The van der Waals surface area contributed by atoms with Crippen molar-refractivity contribution in [1.29, 1.82) is 0 Å². The summed E-state index contributed by atoms with van der Waals surface area (Å²) in [7, 11) is 0. The van der Waals surface area contributed by atoms with E-state index in [4.69, 9.17) is 0 Å². The average molecular weight is 290 g/mol. The molecule has 1 aromatic carbocycles. The first-order valence-corrected chi connectivity index (χ1v) is 7.86. The number of piperidine rings is 1. The third kappa shape index (κ3) is 4.29. The van der Waals surface area contributed by atoms with Crippen molar-refractivity contribution in [1.82, 2.24) is 9.80 Å². The van der Waals surface area contributed by atoms with Gasteiger partial charge in [0.05, 0.1) is 12.1 Å². The minimum absolute atomic E-state index is 0.110. The molecule has 0 spiro atoms. The van der Waals surface area contributed by atoms with Gasteiger partial charge < -0.3 is 10.0 Å². The van der Waals surface area contributed by atoms with Crippen LogP contribution in [-0.2, 0) is 11.3 Å². The lowest BCUT2D eigenvalue weighted by Crippen LogP contribution is -2.50. The highest BCUT2D eigenvalue weighted by Crippen LogP contribution is 2.15. The van der Waals surface area contributed by atoms with E-state index in [9.17, 15) is 9.90 Å². The fourth-order valence-electron chi connectivity index (χ4n) is 2.84. The number of carbonyl (C=O) groups excluding carboxylic acids is 1. The number of benzene rings is 1. The number of hydrogen-bond donors (Lipinski definition) is 1. The first-order valence-electron chi connectivity index (χ1n) is 7.86. The average Bonchev–Trinajstić information content (AvgIpc) is 2.53. The number of carbonyl (C=O) groups is 1. The second-order valence-electron chi connectivity index (χ2n) is 5.78. The number of rotatable bonds is 5. The summed E-state index contributed by atoms with van der Waals surface area (Å²) in [5.74, 6) is 0.178. The van der Waals surface area contributed by atoms with Gasteiger partial charge in [0, 0.05) is 26.2 Å². The Kier molecular flexibility index (Phi) is 5.76. The smallest absolute Gasteiger partial charge is 0.239 e. The summed E-state index contributed by atoms with van der Waals surface area (Å²) < 4.78 is 0. The lowest BCUT2D eigenvalue weighted by atomic mass is 10.1. The highest BCUT2D eigenvalue weighted by Gasteiger charge is 2.28. The number of amides is 1. The third-order valence-corrected chi connectivity index (χ3v) is 4.31. The van der Waals surface area contributed by atoms with Crippen LogP contribution in [0.2, 0.25) is 0 Å². The molecule has 1 aromatic rings. The van der Waals surface area contributed by atoms with Crippen molar-refractivity contribution >= 4 is 5.91 Å². The molecule has 1 unspecified atom stereocenters. The zero-order chi connectivity index (χ0) is 15.2. The van der Waals surface area contributed by atoms with Crippen molar-refractivity contribution in [2.24, 2.45) is 0 Å². The topological polar surface area (TPSA) is 43.8 Å². The van der Waals surface area contributed by atoms with Crippen LogP contribution < -0.4 is 0 Å². The molecule has 4 nitrogen and oxygen atoms in total. The molecule has 1 heterocycles. The molecule has 0 aromatic heterocycles. The quantitative estimate of drug-likeness (QED) is 0.900. The zero-order valence-electron chi connectivity index (χ0n) is 13.0. The minimum atomic E-state index is -0.199. The normalized spacial score (nSPS) is 18.4. The Morgan fingerprint density at radius 2 is 1.95 bits per heavy atom. The van der Waals surface area contributed by atoms with Gasteiger partial charge in [0.25, 0.3) is 0 Å². The highest BCUT2D eigenvalue weighted by molar-refractivity contribution is 5.81. The van der Waals surface area contributed by atoms with E-state index >= 15 is 0 Å². The van der Waals surface area contributed by atoms with Crippen molar-refractivity contribution in [3.05, 3.63) is 35.9 Å². The van der Waals surface area contributed by atoms with Crippen LogP contribution in [0.3, 0.4) is 0 Å². The van der Waals surface area contributed by atoms with E-state index < -0.39 is 0 Å². The zero-order valence-corrected chi connectivity index (χ0v) is 13.0. The Morgan fingerprint density at radius 1 is 1.33 bits per heavy atom. The van der Waals surface area contributed by atoms with E-state index in [1.54, 1.807) is 0 Å². The van der Waals surface area contributed by atoms with Crippen molar-refractivity contribution < 1.29 is 9.90 Å². The number of nitrogens with zero attached hydrogens (tertiary/aromatic N) is 2. The predicted octanol–water partition coefficient (Wildman–Crippen LogP) is 1.88. The lowest BCUT2D eigenvalue weighted by molar-refractivity contribution is -0.137. The Bertz CT molecular complexity index is 441. The number of hydrogen-bond acceptors (Lipinski definition) is 3. The Balaban J connectivity index is 1.95. The van der Waals surface area contributed by atoms with E-state index in [1.807, 2.05) is 36.9 Å². The van der Waals surface area contributed by atoms with Gasteiger partial charge in [-0.3, -0.25) is 9.69 Å². The molecular weight excluding hydrogens is 264 g/mol. The van der Waals surface area contributed by atoms with Crippen molar-refractivity contribution in [2.45, 2.75) is 45.4 Å². The van der Waals surface area contributed by atoms with Crippen molar-refractivity contribution in [3.8, 4) is 0 Å². The van der Waals surface area contributed by atoms with Gasteiger partial charge in [0.2, 0.25) is 5.91 Å². The van der Waals surface area contributed by atoms with Gasteiger partial charge in [0.1, 0.15) is 0 Å². The minimum Gasteiger partial charge on any atom is -0.393 e. The second-order valence-corrected chi connectivity index (χ2v) is 5.78. The van der Waals surface area contributed by atoms with Crippen LogP contribution in [0.15, 0.2) is 30.3 Å². The maximum absolute atomic E-state index is 12.7. The number of likely N-dealkylation sites (N-methyl/N-ethyl adjacent to an activating group) is 1. The second kappa shape index (κ2) is 7.57. The molecule has 1 fully saturated rings. The molecule has 4 heteroatoms. The highest BCUT2D eigenvalue weighted by atomic mass is 16.3. The molecule has 2 rings (SSSR count). The Hall–Kier alpha value is -1.39. The van der Waals surface area contributed by atoms with E-state index in [0.29, 0.717) is 13.1 Å². The summed E-state index contributed by atoms with van der Waals surface area (Å²) in [5, 5.41) is 9.58. The largest absolute Gasteiger partial charge is 0.393 e. The first-order chi connectivity index (χ1) is 10.1. The van der Waals surface area contributed by atoms with Gasteiger partial charge in [-0.15, -0.1) is 0 Å². The maximum atomic E-state index is 12.7. The van der Waals surface area contributed by atoms with E-state index in [1.165, 1.54) is 0 Å². The molecule has 1 amide bonds. The summed E-state index contributed by atoms with van der Waals surface area (Å²) in [6, 6.07) is 9.99.